The lowest BCUT2D eigenvalue weighted by Crippen LogP contribution is -2.33. The van der Waals surface area contributed by atoms with Gasteiger partial charge < -0.3 is 15.0 Å². The van der Waals surface area contributed by atoms with Gasteiger partial charge in [0, 0.05) is 19.2 Å². The summed E-state index contributed by atoms with van der Waals surface area (Å²) < 4.78 is 30.7. The Labute approximate surface area is 150 Å². The molecule has 138 valence electrons. The van der Waals surface area contributed by atoms with Gasteiger partial charge in [-0.3, -0.25) is 4.79 Å². The molecule has 1 aromatic carbocycles. The molecule has 2 heterocycles. The Hall–Kier alpha value is -2.77. The Bertz CT molecular complexity index is 760. The van der Waals surface area contributed by atoms with Gasteiger partial charge in [-0.25, -0.2) is 18.7 Å². The summed E-state index contributed by atoms with van der Waals surface area (Å²) >= 11 is 0. The van der Waals surface area contributed by atoms with Gasteiger partial charge in [-0.15, -0.1) is 0 Å². The molecule has 1 aromatic heterocycles. The highest BCUT2D eigenvalue weighted by atomic mass is 19.3. The molecule has 3 rings (SSSR count). The van der Waals surface area contributed by atoms with E-state index in [4.69, 9.17) is 4.74 Å². The zero-order chi connectivity index (χ0) is 18.7. The van der Waals surface area contributed by atoms with Crippen LogP contribution in [-0.4, -0.2) is 41.0 Å². The molecule has 1 atom stereocenters. The Morgan fingerprint density at radius 2 is 1.92 bits per heavy atom. The van der Waals surface area contributed by atoms with Crippen LogP contribution in [0.25, 0.3) is 0 Å². The van der Waals surface area contributed by atoms with Gasteiger partial charge in [0.1, 0.15) is 17.6 Å². The van der Waals surface area contributed by atoms with Gasteiger partial charge in [-0.2, -0.15) is 0 Å². The largest absolute Gasteiger partial charge is 0.487 e. The molecule has 26 heavy (non-hydrogen) atoms. The van der Waals surface area contributed by atoms with Crippen LogP contribution >= 0.6 is 0 Å². The maximum atomic E-state index is 12.8. The lowest BCUT2D eigenvalue weighted by atomic mass is 10.2. The summed E-state index contributed by atoms with van der Waals surface area (Å²) in [5, 5.41) is 3.17. The first-order valence-corrected chi connectivity index (χ1v) is 8.29. The first-order valence-electron chi connectivity index (χ1n) is 8.29. The Morgan fingerprint density at radius 1 is 1.27 bits per heavy atom. The molecule has 0 unspecified atom stereocenters. The van der Waals surface area contributed by atoms with Gasteiger partial charge in [0.05, 0.1) is 18.1 Å². The molecule has 1 aliphatic rings. The third kappa shape index (κ3) is 4.44. The monoisotopic (exact) mass is 362 g/mol. The number of benzene rings is 1. The van der Waals surface area contributed by atoms with Crippen molar-refractivity contribution in [2.75, 3.05) is 23.4 Å². The number of aromatic nitrogens is 2. The molecule has 0 aliphatic carbocycles. The Kier molecular flexibility index (Phi) is 5.01. The lowest BCUT2D eigenvalue weighted by molar-refractivity contribution is -0.117. The van der Waals surface area contributed by atoms with Crippen LogP contribution in [0.15, 0.2) is 36.7 Å². The molecule has 0 radical (unpaired) electrons. The quantitative estimate of drug-likeness (QED) is 0.856. The van der Waals surface area contributed by atoms with Crippen molar-refractivity contribution in [3.63, 3.8) is 0 Å². The van der Waals surface area contributed by atoms with Gasteiger partial charge in [-0.1, -0.05) is 0 Å². The summed E-state index contributed by atoms with van der Waals surface area (Å²) in [4.78, 5) is 22.5. The van der Waals surface area contributed by atoms with E-state index in [1.807, 2.05) is 0 Å². The van der Waals surface area contributed by atoms with E-state index >= 15 is 0 Å². The molecule has 0 bridgehead atoms. The molecular formula is C18H20F2N4O2. The highest BCUT2D eigenvalue weighted by molar-refractivity contribution is 6.00. The van der Waals surface area contributed by atoms with E-state index in [-0.39, 0.29) is 11.9 Å². The van der Waals surface area contributed by atoms with Crippen LogP contribution in [0.2, 0.25) is 0 Å². The summed E-state index contributed by atoms with van der Waals surface area (Å²) in [5.41, 5.74) is 1.40. The maximum absolute atomic E-state index is 12.8. The molecule has 1 aliphatic heterocycles. The predicted octanol–water partition coefficient (Wildman–Crippen LogP) is 3.04. The van der Waals surface area contributed by atoms with Gasteiger partial charge in [-0.05, 0) is 37.6 Å². The predicted molar refractivity (Wildman–Crippen MR) is 93.7 cm³/mol. The molecule has 1 saturated heterocycles. The normalized spacial score (nSPS) is 17.5. The average molecular weight is 362 g/mol. The Morgan fingerprint density at radius 3 is 2.54 bits per heavy atom. The molecule has 1 amide bonds. The molecule has 1 N–H and O–H groups in total. The molecular weight excluding hydrogens is 342 g/mol. The van der Waals surface area contributed by atoms with Crippen LogP contribution < -0.4 is 15.0 Å². The highest BCUT2D eigenvalue weighted by Gasteiger charge is 2.32. The van der Waals surface area contributed by atoms with Crippen molar-refractivity contribution in [3.05, 3.63) is 42.5 Å². The number of anilines is 2. The minimum absolute atomic E-state index is 0.0524. The van der Waals surface area contributed by atoms with E-state index in [1.54, 1.807) is 48.5 Å². The highest BCUT2D eigenvalue weighted by Crippen LogP contribution is 2.24. The second kappa shape index (κ2) is 7.23. The summed E-state index contributed by atoms with van der Waals surface area (Å²) in [6.07, 6.45) is 3.92. The number of carbonyl (C=O) groups excluding carboxylic acids is 1. The van der Waals surface area contributed by atoms with Crippen LogP contribution in [-0.2, 0) is 4.79 Å². The minimum atomic E-state index is -2.88. The number of nitrogens with zero attached hydrogens (tertiary/aromatic N) is 3. The molecule has 0 spiro atoms. The first kappa shape index (κ1) is 18.0. The summed E-state index contributed by atoms with van der Waals surface area (Å²) in [6.45, 7) is 2.50. The van der Waals surface area contributed by atoms with Gasteiger partial charge >= 0.3 is 0 Å². The summed E-state index contributed by atoms with van der Waals surface area (Å²) in [7, 11) is 0. The van der Waals surface area contributed by atoms with Crippen molar-refractivity contribution in [2.24, 2.45) is 0 Å². The fourth-order valence-electron chi connectivity index (χ4n) is 2.65. The number of amides is 1. The molecule has 0 saturated carbocycles. The first-order chi connectivity index (χ1) is 12.3. The SMILES string of the molecule is Cc1ncc(N2CC[C@@H](Nc3ccc(OCC(C)(F)F)cc3)C2=O)cn1. The fourth-order valence-corrected chi connectivity index (χ4v) is 2.65. The van der Waals surface area contributed by atoms with Crippen molar-refractivity contribution in [1.82, 2.24) is 9.97 Å². The van der Waals surface area contributed by atoms with Crippen LogP contribution in [0.1, 0.15) is 19.2 Å². The topological polar surface area (TPSA) is 67.3 Å². The second-order valence-electron chi connectivity index (χ2n) is 6.35. The van der Waals surface area contributed by atoms with Crippen molar-refractivity contribution < 1.29 is 18.3 Å². The number of hydrogen-bond donors (Lipinski definition) is 1. The van der Waals surface area contributed by atoms with Crippen molar-refractivity contribution >= 4 is 17.3 Å². The maximum Gasteiger partial charge on any atom is 0.278 e. The summed E-state index contributed by atoms with van der Waals surface area (Å²) in [5.74, 6) is -1.93. The number of ether oxygens (including phenoxy) is 1. The number of carbonyl (C=O) groups is 1. The number of halogens is 2. The van der Waals surface area contributed by atoms with Crippen molar-refractivity contribution in [2.45, 2.75) is 32.2 Å². The van der Waals surface area contributed by atoms with E-state index in [0.717, 1.165) is 12.6 Å². The average Bonchev–Trinajstić information content (AvgIpc) is 2.95. The van der Waals surface area contributed by atoms with E-state index < -0.39 is 12.5 Å². The smallest absolute Gasteiger partial charge is 0.278 e. The minimum Gasteiger partial charge on any atom is -0.487 e. The van der Waals surface area contributed by atoms with Crippen LogP contribution in [0.5, 0.6) is 5.75 Å². The third-order valence-electron chi connectivity index (χ3n) is 3.97. The number of aryl methyl sites for hydroxylation is 1. The van der Waals surface area contributed by atoms with E-state index in [9.17, 15) is 13.6 Å². The van der Waals surface area contributed by atoms with E-state index in [2.05, 4.69) is 15.3 Å². The van der Waals surface area contributed by atoms with Crippen LogP contribution in [0, 0.1) is 6.92 Å². The van der Waals surface area contributed by atoms with Gasteiger partial charge in [0.15, 0.2) is 6.61 Å². The zero-order valence-corrected chi connectivity index (χ0v) is 14.6. The number of rotatable bonds is 6. The second-order valence-corrected chi connectivity index (χ2v) is 6.35. The fraction of sp³-hybridized carbons (Fsp3) is 0.389. The number of hydrogen-bond acceptors (Lipinski definition) is 5. The van der Waals surface area contributed by atoms with Crippen molar-refractivity contribution in [1.29, 1.82) is 0 Å². The van der Waals surface area contributed by atoms with Crippen LogP contribution in [0.3, 0.4) is 0 Å². The lowest BCUT2D eigenvalue weighted by Gasteiger charge is -2.17. The molecule has 1 fully saturated rings. The van der Waals surface area contributed by atoms with E-state index in [0.29, 0.717) is 30.2 Å². The van der Waals surface area contributed by atoms with Crippen molar-refractivity contribution in [3.8, 4) is 5.75 Å². The molecule has 8 heteroatoms. The number of nitrogens with one attached hydrogen (secondary N) is 1. The Balaban J connectivity index is 1.59. The van der Waals surface area contributed by atoms with Gasteiger partial charge in [0.25, 0.3) is 5.92 Å². The standard InChI is InChI=1S/C18H20F2N4O2/c1-12-21-9-14(10-22-12)24-8-7-16(17(24)25)23-13-3-5-15(6-4-13)26-11-18(2,19)20/h3-6,9-10,16,23H,7-8,11H2,1-2H3/t16-/m1/s1. The number of alkyl halides is 2. The molecule has 2 aromatic rings. The zero-order valence-electron chi connectivity index (χ0n) is 14.6. The van der Waals surface area contributed by atoms with Gasteiger partial charge in [0.2, 0.25) is 5.91 Å². The van der Waals surface area contributed by atoms with Crippen LogP contribution in [0.4, 0.5) is 20.2 Å². The van der Waals surface area contributed by atoms with E-state index in [1.165, 1.54) is 0 Å². The third-order valence-corrected chi connectivity index (χ3v) is 3.97. The molecule has 6 nitrogen and oxygen atoms in total. The summed E-state index contributed by atoms with van der Waals surface area (Å²) in [6, 6.07) is 6.24.